The molecule has 1 aliphatic rings. The van der Waals surface area contributed by atoms with Gasteiger partial charge in [0.05, 0.1) is 10.3 Å². The van der Waals surface area contributed by atoms with E-state index in [2.05, 4.69) is 17.2 Å². The topological polar surface area (TPSA) is 58.2 Å². The third-order valence-corrected chi connectivity index (χ3v) is 5.36. The summed E-state index contributed by atoms with van der Waals surface area (Å²) in [6.07, 6.45) is 4.46. The van der Waals surface area contributed by atoms with E-state index in [0.29, 0.717) is 11.4 Å². The van der Waals surface area contributed by atoms with Crippen LogP contribution >= 0.6 is 11.3 Å². The van der Waals surface area contributed by atoms with Crippen LogP contribution in [-0.2, 0) is 10.2 Å². The average Bonchev–Trinajstić information content (AvgIpc) is 3.08. The molecule has 0 radical (unpaired) electrons. The van der Waals surface area contributed by atoms with Crippen molar-refractivity contribution >= 4 is 28.8 Å². The zero-order chi connectivity index (χ0) is 17.0. The highest BCUT2D eigenvalue weighted by atomic mass is 32.1. The summed E-state index contributed by atoms with van der Waals surface area (Å²) in [5.41, 5.74) is 1.31. The first kappa shape index (κ1) is 16.5. The number of anilines is 1. The molecule has 3 rings (SSSR count). The largest absolute Gasteiger partial charge is 0.352 e. The Balaban J connectivity index is 1.72. The van der Waals surface area contributed by atoms with Gasteiger partial charge in [0, 0.05) is 12.2 Å². The molecule has 1 aromatic heterocycles. The molecule has 0 unspecified atom stereocenters. The maximum Gasteiger partial charge on any atom is 0.265 e. The third kappa shape index (κ3) is 3.12. The molecule has 0 saturated heterocycles. The zero-order valence-corrected chi connectivity index (χ0v) is 14.2. The lowest BCUT2D eigenvalue weighted by molar-refractivity contribution is -0.129. The smallest absolute Gasteiger partial charge is 0.265 e. The van der Waals surface area contributed by atoms with Crippen LogP contribution in [0.3, 0.4) is 0 Å². The molecule has 24 heavy (non-hydrogen) atoms. The Labute approximate surface area is 145 Å². The number of hydrogen-bond donors (Lipinski definition) is 2. The number of rotatable bonds is 6. The molecule has 0 bridgehead atoms. The number of carbonyl (C=O) groups excluding carboxylic acids is 2. The Morgan fingerprint density at radius 2 is 1.96 bits per heavy atom. The van der Waals surface area contributed by atoms with Gasteiger partial charge in [-0.25, -0.2) is 0 Å². The van der Waals surface area contributed by atoms with Gasteiger partial charge in [0.1, 0.15) is 0 Å². The van der Waals surface area contributed by atoms with Gasteiger partial charge in [-0.05, 0) is 42.0 Å². The van der Waals surface area contributed by atoms with E-state index in [0.717, 1.165) is 30.5 Å². The fraction of sp³-hybridized carbons (Fsp3) is 0.263. The van der Waals surface area contributed by atoms with E-state index in [1.807, 2.05) is 35.7 Å². The molecule has 0 spiro atoms. The summed E-state index contributed by atoms with van der Waals surface area (Å²) in [6, 6.07) is 11.3. The maximum atomic E-state index is 12.5. The van der Waals surface area contributed by atoms with Crippen molar-refractivity contribution in [3.05, 3.63) is 64.9 Å². The van der Waals surface area contributed by atoms with Gasteiger partial charge in [-0.1, -0.05) is 30.7 Å². The van der Waals surface area contributed by atoms with Crippen LogP contribution in [0, 0.1) is 0 Å². The predicted molar refractivity (Wildman–Crippen MR) is 97.4 cm³/mol. The van der Waals surface area contributed by atoms with Crippen molar-refractivity contribution < 1.29 is 9.59 Å². The second-order valence-electron chi connectivity index (χ2n) is 5.94. The van der Waals surface area contributed by atoms with Crippen molar-refractivity contribution in [3.8, 4) is 0 Å². The van der Waals surface area contributed by atoms with E-state index in [-0.39, 0.29) is 11.8 Å². The average molecular weight is 340 g/mol. The molecule has 1 aromatic carbocycles. The third-order valence-electron chi connectivity index (χ3n) is 4.49. The van der Waals surface area contributed by atoms with Gasteiger partial charge in [-0.3, -0.25) is 9.59 Å². The van der Waals surface area contributed by atoms with Crippen molar-refractivity contribution in [2.45, 2.75) is 24.7 Å². The summed E-state index contributed by atoms with van der Waals surface area (Å²) >= 11 is 1.41. The molecular weight excluding hydrogens is 320 g/mol. The molecule has 4 nitrogen and oxygen atoms in total. The first-order valence-electron chi connectivity index (χ1n) is 8.00. The molecule has 2 amide bonds. The van der Waals surface area contributed by atoms with Crippen LogP contribution < -0.4 is 10.6 Å². The fourth-order valence-electron chi connectivity index (χ4n) is 2.98. The number of thiophene rings is 1. The summed E-state index contributed by atoms with van der Waals surface area (Å²) in [5, 5.41) is 7.67. The van der Waals surface area contributed by atoms with Gasteiger partial charge in [-0.15, -0.1) is 17.9 Å². The van der Waals surface area contributed by atoms with E-state index in [4.69, 9.17) is 0 Å². The summed E-state index contributed by atoms with van der Waals surface area (Å²) in [5.74, 6) is -0.0520. The lowest BCUT2D eigenvalue weighted by Crippen LogP contribution is -2.49. The highest BCUT2D eigenvalue weighted by molar-refractivity contribution is 7.12. The molecule has 2 aromatic rings. The predicted octanol–water partition coefficient (Wildman–Crippen LogP) is 3.72. The molecule has 2 N–H and O–H groups in total. The van der Waals surface area contributed by atoms with E-state index in [1.54, 1.807) is 12.1 Å². The number of amides is 2. The normalized spacial score (nSPS) is 15.2. The highest BCUT2D eigenvalue weighted by Gasteiger charge is 2.45. The molecule has 0 atom stereocenters. The van der Waals surface area contributed by atoms with Crippen molar-refractivity contribution in [2.24, 2.45) is 0 Å². The minimum absolute atomic E-state index is 0.0593. The van der Waals surface area contributed by atoms with Crippen molar-refractivity contribution in [1.29, 1.82) is 0 Å². The second-order valence-corrected chi connectivity index (χ2v) is 6.89. The number of benzene rings is 1. The fourth-order valence-corrected chi connectivity index (χ4v) is 3.60. The molecule has 0 aliphatic heterocycles. The van der Waals surface area contributed by atoms with Gasteiger partial charge < -0.3 is 10.6 Å². The molecule has 5 heteroatoms. The molecule has 1 aliphatic carbocycles. The van der Waals surface area contributed by atoms with Gasteiger partial charge in [0.25, 0.3) is 5.91 Å². The lowest BCUT2D eigenvalue weighted by atomic mass is 9.64. The van der Waals surface area contributed by atoms with Gasteiger partial charge in [-0.2, -0.15) is 0 Å². The second kappa shape index (κ2) is 7.01. The van der Waals surface area contributed by atoms with E-state index in [9.17, 15) is 9.59 Å². The first-order valence-corrected chi connectivity index (χ1v) is 8.88. The number of carbonyl (C=O) groups is 2. The Hall–Kier alpha value is -2.40. The molecule has 1 fully saturated rings. The molecule has 1 heterocycles. The molecule has 1 saturated carbocycles. The van der Waals surface area contributed by atoms with Crippen LogP contribution in [0.2, 0.25) is 0 Å². The standard InChI is InChI=1S/C19H20N2O2S/c1-2-12-20-18(23)19(10-4-11-19)14-6-8-15(9-7-14)21-17(22)16-5-3-13-24-16/h2-3,5-9,13H,1,4,10-12H2,(H,20,23)(H,21,22). The van der Waals surface area contributed by atoms with E-state index in [1.165, 1.54) is 11.3 Å². The van der Waals surface area contributed by atoms with Crippen LogP contribution in [0.15, 0.2) is 54.4 Å². The van der Waals surface area contributed by atoms with Crippen LogP contribution in [0.4, 0.5) is 5.69 Å². The summed E-state index contributed by atoms with van der Waals surface area (Å²) in [4.78, 5) is 25.3. The van der Waals surface area contributed by atoms with Crippen molar-refractivity contribution in [3.63, 3.8) is 0 Å². The molecular formula is C19H20N2O2S. The monoisotopic (exact) mass is 340 g/mol. The van der Waals surface area contributed by atoms with Crippen molar-refractivity contribution in [1.82, 2.24) is 5.32 Å². The van der Waals surface area contributed by atoms with Crippen LogP contribution in [0.25, 0.3) is 0 Å². The van der Waals surface area contributed by atoms with Crippen molar-refractivity contribution in [2.75, 3.05) is 11.9 Å². The lowest BCUT2D eigenvalue weighted by Gasteiger charge is -2.40. The van der Waals surface area contributed by atoms with Crippen LogP contribution in [0.5, 0.6) is 0 Å². The minimum Gasteiger partial charge on any atom is -0.352 e. The first-order chi connectivity index (χ1) is 11.7. The Morgan fingerprint density at radius 1 is 1.21 bits per heavy atom. The minimum atomic E-state index is -0.431. The van der Waals surface area contributed by atoms with E-state index >= 15 is 0 Å². The SMILES string of the molecule is C=CCNC(=O)C1(c2ccc(NC(=O)c3cccs3)cc2)CCC1. The number of nitrogens with one attached hydrogen (secondary N) is 2. The van der Waals surface area contributed by atoms with Crippen LogP contribution in [0.1, 0.15) is 34.5 Å². The van der Waals surface area contributed by atoms with Gasteiger partial charge in [0.2, 0.25) is 5.91 Å². The summed E-state index contributed by atoms with van der Waals surface area (Å²) in [7, 11) is 0. The number of hydrogen-bond acceptors (Lipinski definition) is 3. The van der Waals surface area contributed by atoms with Crippen LogP contribution in [-0.4, -0.2) is 18.4 Å². The Morgan fingerprint density at radius 3 is 2.50 bits per heavy atom. The Kier molecular flexibility index (Phi) is 4.81. The van der Waals surface area contributed by atoms with Gasteiger partial charge in [0.15, 0.2) is 0 Å². The summed E-state index contributed by atoms with van der Waals surface area (Å²) in [6.45, 7) is 4.12. The van der Waals surface area contributed by atoms with Gasteiger partial charge >= 0.3 is 0 Å². The summed E-state index contributed by atoms with van der Waals surface area (Å²) < 4.78 is 0. The molecule has 124 valence electrons. The Bertz CT molecular complexity index is 731. The van der Waals surface area contributed by atoms with E-state index < -0.39 is 5.41 Å². The highest BCUT2D eigenvalue weighted by Crippen LogP contribution is 2.44. The quantitative estimate of drug-likeness (QED) is 0.787. The maximum absolute atomic E-state index is 12.5. The zero-order valence-electron chi connectivity index (χ0n) is 13.4.